The third-order valence-electron chi connectivity index (χ3n) is 5.03. The van der Waals surface area contributed by atoms with E-state index in [-0.39, 0.29) is 5.91 Å². The van der Waals surface area contributed by atoms with Crippen LogP contribution >= 0.6 is 0 Å². The van der Waals surface area contributed by atoms with Gasteiger partial charge >= 0.3 is 0 Å². The van der Waals surface area contributed by atoms with E-state index in [1.165, 1.54) is 0 Å². The maximum Gasteiger partial charge on any atom is 0.253 e. The molecular weight excluding hydrogens is 312 g/mol. The molecule has 0 bridgehead atoms. The quantitative estimate of drug-likeness (QED) is 0.739. The first-order valence-electron chi connectivity index (χ1n) is 8.62. The minimum absolute atomic E-state index is 0.114. The highest BCUT2D eigenvalue weighted by Gasteiger charge is 2.28. The summed E-state index contributed by atoms with van der Waals surface area (Å²) in [6.07, 6.45) is 4.82. The van der Waals surface area contributed by atoms with Crippen LogP contribution in [0.1, 0.15) is 16.8 Å². The second kappa shape index (κ2) is 6.33. The molecule has 3 heterocycles. The van der Waals surface area contributed by atoms with Crippen LogP contribution in [0.2, 0.25) is 0 Å². The highest BCUT2D eigenvalue weighted by molar-refractivity contribution is 5.96. The maximum absolute atomic E-state index is 12.9. The number of hydrogen-bond donors (Lipinski definition) is 0. The van der Waals surface area contributed by atoms with Crippen molar-refractivity contribution in [2.24, 2.45) is 0 Å². The van der Waals surface area contributed by atoms with Gasteiger partial charge in [-0.25, -0.2) is 4.52 Å². The lowest BCUT2D eigenvalue weighted by Crippen LogP contribution is -2.34. The molecule has 0 saturated carbocycles. The monoisotopic (exact) mass is 334 g/mol. The SMILES string of the molecule is CN(C)C1CCN(C(=O)c2cccc(-c3cnn4ccccc34)c2)C1. The van der Waals surface area contributed by atoms with Crippen LogP contribution in [0.25, 0.3) is 16.6 Å². The number of amides is 1. The van der Waals surface area contributed by atoms with Gasteiger partial charge in [0.05, 0.1) is 11.7 Å². The molecule has 0 N–H and O–H groups in total. The van der Waals surface area contributed by atoms with Crippen molar-refractivity contribution in [3.63, 3.8) is 0 Å². The van der Waals surface area contributed by atoms with E-state index in [2.05, 4.69) is 24.1 Å². The Labute approximate surface area is 147 Å². The fourth-order valence-electron chi connectivity index (χ4n) is 3.51. The standard InChI is InChI=1S/C20H22N4O/c1-22(2)17-9-11-23(14-17)20(25)16-7-5-6-15(12-16)18-13-21-24-10-4-3-8-19(18)24/h3-8,10,12-13,17H,9,11,14H2,1-2H3. The number of aromatic nitrogens is 2. The van der Waals surface area contributed by atoms with Gasteiger partial charge in [0.1, 0.15) is 0 Å². The Kier molecular flexibility index (Phi) is 4.01. The number of hydrogen-bond acceptors (Lipinski definition) is 3. The molecule has 1 fully saturated rings. The Morgan fingerprint density at radius 3 is 2.88 bits per heavy atom. The Hall–Kier alpha value is -2.66. The van der Waals surface area contributed by atoms with E-state index in [1.807, 2.05) is 64.3 Å². The molecule has 1 aromatic carbocycles. The highest BCUT2D eigenvalue weighted by atomic mass is 16.2. The summed E-state index contributed by atoms with van der Waals surface area (Å²) in [6.45, 7) is 1.62. The summed E-state index contributed by atoms with van der Waals surface area (Å²) in [6, 6.07) is 14.3. The molecule has 3 aromatic rings. The number of pyridine rings is 1. The summed E-state index contributed by atoms with van der Waals surface area (Å²) < 4.78 is 1.85. The first-order valence-corrected chi connectivity index (χ1v) is 8.62. The number of likely N-dealkylation sites (N-methyl/N-ethyl adjacent to an activating group) is 1. The molecule has 1 aliphatic heterocycles. The van der Waals surface area contributed by atoms with Gasteiger partial charge in [-0.1, -0.05) is 18.2 Å². The van der Waals surface area contributed by atoms with Gasteiger partial charge in [-0.15, -0.1) is 0 Å². The third-order valence-corrected chi connectivity index (χ3v) is 5.03. The third kappa shape index (κ3) is 2.91. The van der Waals surface area contributed by atoms with Crippen LogP contribution in [0.3, 0.4) is 0 Å². The molecule has 0 spiro atoms. The van der Waals surface area contributed by atoms with Gasteiger partial charge in [-0.2, -0.15) is 5.10 Å². The number of rotatable bonds is 3. The van der Waals surface area contributed by atoms with E-state index < -0.39 is 0 Å². The van der Waals surface area contributed by atoms with Crippen LogP contribution in [-0.4, -0.2) is 58.5 Å². The fourth-order valence-corrected chi connectivity index (χ4v) is 3.51. The topological polar surface area (TPSA) is 40.8 Å². The van der Waals surface area contributed by atoms with Gasteiger partial charge in [-0.3, -0.25) is 4.79 Å². The van der Waals surface area contributed by atoms with E-state index in [0.717, 1.165) is 41.7 Å². The van der Waals surface area contributed by atoms with Crippen LogP contribution in [0.4, 0.5) is 0 Å². The Balaban J connectivity index is 1.63. The largest absolute Gasteiger partial charge is 0.337 e. The van der Waals surface area contributed by atoms with Crippen LogP contribution in [0, 0.1) is 0 Å². The van der Waals surface area contributed by atoms with Crippen molar-refractivity contribution in [2.75, 3.05) is 27.2 Å². The smallest absolute Gasteiger partial charge is 0.253 e. The van der Waals surface area contributed by atoms with Gasteiger partial charge in [0.15, 0.2) is 0 Å². The molecule has 1 atom stereocenters. The Morgan fingerprint density at radius 1 is 1.20 bits per heavy atom. The van der Waals surface area contributed by atoms with Gasteiger partial charge in [0.25, 0.3) is 5.91 Å². The molecule has 0 aliphatic carbocycles. The number of nitrogens with zero attached hydrogens (tertiary/aromatic N) is 4. The normalized spacial score (nSPS) is 17.6. The number of likely N-dealkylation sites (tertiary alicyclic amines) is 1. The molecule has 1 amide bonds. The Morgan fingerprint density at radius 2 is 2.08 bits per heavy atom. The van der Waals surface area contributed by atoms with Crippen LogP contribution in [-0.2, 0) is 0 Å². The van der Waals surface area contributed by atoms with E-state index in [4.69, 9.17) is 0 Å². The van der Waals surface area contributed by atoms with E-state index in [1.54, 1.807) is 0 Å². The minimum atomic E-state index is 0.114. The summed E-state index contributed by atoms with van der Waals surface area (Å²) in [4.78, 5) is 17.0. The molecule has 2 aromatic heterocycles. The van der Waals surface area contributed by atoms with Gasteiger partial charge < -0.3 is 9.80 Å². The zero-order valence-electron chi connectivity index (χ0n) is 14.6. The number of carbonyl (C=O) groups excluding carboxylic acids is 1. The molecule has 5 nitrogen and oxygen atoms in total. The van der Waals surface area contributed by atoms with Crippen LogP contribution in [0.5, 0.6) is 0 Å². The summed E-state index contributed by atoms with van der Waals surface area (Å²) in [5.41, 5.74) is 3.85. The van der Waals surface area contributed by atoms with Crippen LogP contribution < -0.4 is 0 Å². The summed E-state index contributed by atoms with van der Waals surface area (Å²) in [5, 5.41) is 4.39. The Bertz CT molecular complexity index is 915. The molecule has 1 saturated heterocycles. The molecule has 0 radical (unpaired) electrons. The summed E-state index contributed by atoms with van der Waals surface area (Å²) in [7, 11) is 4.15. The lowest BCUT2D eigenvalue weighted by Gasteiger charge is -2.20. The number of benzene rings is 1. The van der Waals surface area contributed by atoms with Crippen molar-refractivity contribution in [1.82, 2.24) is 19.4 Å². The van der Waals surface area contributed by atoms with Gasteiger partial charge in [0.2, 0.25) is 0 Å². The molecule has 5 heteroatoms. The average Bonchev–Trinajstić information content (AvgIpc) is 3.28. The van der Waals surface area contributed by atoms with Crippen molar-refractivity contribution in [3.05, 3.63) is 60.4 Å². The molecule has 128 valence electrons. The molecule has 25 heavy (non-hydrogen) atoms. The van der Waals surface area contributed by atoms with Crippen molar-refractivity contribution in [1.29, 1.82) is 0 Å². The first kappa shape index (κ1) is 15.8. The van der Waals surface area contributed by atoms with Crippen molar-refractivity contribution >= 4 is 11.4 Å². The van der Waals surface area contributed by atoms with Crippen molar-refractivity contribution in [3.8, 4) is 11.1 Å². The molecular formula is C20H22N4O. The van der Waals surface area contributed by atoms with Crippen molar-refractivity contribution in [2.45, 2.75) is 12.5 Å². The van der Waals surface area contributed by atoms with Crippen molar-refractivity contribution < 1.29 is 4.79 Å². The fraction of sp³-hybridized carbons (Fsp3) is 0.300. The predicted octanol–water partition coefficient (Wildman–Crippen LogP) is 2.78. The van der Waals surface area contributed by atoms with Gasteiger partial charge in [-0.05, 0) is 50.3 Å². The molecule has 1 unspecified atom stereocenters. The van der Waals surface area contributed by atoms with E-state index in [0.29, 0.717) is 6.04 Å². The van der Waals surface area contributed by atoms with E-state index in [9.17, 15) is 4.79 Å². The molecule has 4 rings (SSSR count). The maximum atomic E-state index is 12.9. The van der Waals surface area contributed by atoms with Crippen LogP contribution in [0.15, 0.2) is 54.9 Å². The highest BCUT2D eigenvalue weighted by Crippen LogP contribution is 2.26. The van der Waals surface area contributed by atoms with Gasteiger partial charge in [0, 0.05) is 36.5 Å². The lowest BCUT2D eigenvalue weighted by atomic mass is 10.0. The minimum Gasteiger partial charge on any atom is -0.337 e. The number of fused-ring (bicyclic) bond motifs is 1. The second-order valence-electron chi connectivity index (χ2n) is 6.83. The number of carbonyl (C=O) groups is 1. The first-order chi connectivity index (χ1) is 12.1. The lowest BCUT2D eigenvalue weighted by molar-refractivity contribution is 0.0783. The summed E-state index contributed by atoms with van der Waals surface area (Å²) >= 11 is 0. The van der Waals surface area contributed by atoms with E-state index >= 15 is 0 Å². The molecule has 1 aliphatic rings. The summed E-state index contributed by atoms with van der Waals surface area (Å²) in [5.74, 6) is 0.114. The average molecular weight is 334 g/mol. The zero-order chi connectivity index (χ0) is 17.4. The second-order valence-corrected chi connectivity index (χ2v) is 6.83. The zero-order valence-corrected chi connectivity index (χ0v) is 14.6. The predicted molar refractivity (Wildman–Crippen MR) is 98.6 cm³/mol.